The van der Waals surface area contributed by atoms with E-state index in [9.17, 15) is 4.79 Å². The molecule has 0 saturated carbocycles. The highest BCUT2D eigenvalue weighted by atomic mass is 32.1. The van der Waals surface area contributed by atoms with Crippen molar-refractivity contribution in [3.05, 3.63) is 40.4 Å². The van der Waals surface area contributed by atoms with E-state index in [2.05, 4.69) is 10.3 Å². The van der Waals surface area contributed by atoms with E-state index in [1.807, 2.05) is 38.1 Å². The molecule has 1 heterocycles. The van der Waals surface area contributed by atoms with Crippen molar-refractivity contribution in [1.29, 1.82) is 0 Å². The number of aromatic nitrogens is 1. The fraction of sp³-hybridized carbons (Fsp3) is 0.286. The van der Waals surface area contributed by atoms with E-state index in [-0.39, 0.29) is 6.42 Å². The van der Waals surface area contributed by atoms with Gasteiger partial charge in [-0.25, -0.2) is 4.98 Å². The number of carbonyl (C=O) groups is 1. The third-order valence-corrected chi connectivity index (χ3v) is 3.86. The lowest BCUT2D eigenvalue weighted by Crippen LogP contribution is -1.96. The van der Waals surface area contributed by atoms with Crippen molar-refractivity contribution in [3.63, 3.8) is 0 Å². The second-order valence-electron chi connectivity index (χ2n) is 4.42. The van der Waals surface area contributed by atoms with E-state index in [1.165, 1.54) is 16.9 Å². The molecule has 0 unspecified atom stereocenters. The van der Waals surface area contributed by atoms with Crippen molar-refractivity contribution in [1.82, 2.24) is 4.98 Å². The number of nitrogens with zero attached hydrogens (tertiary/aromatic N) is 1. The van der Waals surface area contributed by atoms with Crippen LogP contribution in [-0.2, 0) is 11.2 Å². The Labute approximate surface area is 116 Å². The van der Waals surface area contributed by atoms with Gasteiger partial charge in [-0.15, -0.1) is 11.3 Å². The first-order chi connectivity index (χ1) is 9.04. The molecule has 0 aliphatic rings. The van der Waals surface area contributed by atoms with Crippen LogP contribution in [0.3, 0.4) is 0 Å². The number of hydrogen-bond donors (Lipinski definition) is 2. The van der Waals surface area contributed by atoms with Crippen LogP contribution in [0.4, 0.5) is 10.8 Å². The number of thiazole rings is 1. The molecule has 1 aromatic carbocycles. The largest absolute Gasteiger partial charge is 0.481 e. The van der Waals surface area contributed by atoms with Crippen molar-refractivity contribution in [2.24, 2.45) is 0 Å². The molecule has 2 aromatic rings. The first kappa shape index (κ1) is 13.5. The van der Waals surface area contributed by atoms with Crippen LogP contribution in [0, 0.1) is 13.8 Å². The van der Waals surface area contributed by atoms with Gasteiger partial charge in [0.15, 0.2) is 5.13 Å². The maximum atomic E-state index is 10.6. The van der Waals surface area contributed by atoms with Crippen LogP contribution in [0.15, 0.2) is 24.3 Å². The molecule has 0 amide bonds. The molecule has 0 spiro atoms. The second-order valence-corrected chi connectivity index (χ2v) is 5.50. The summed E-state index contributed by atoms with van der Waals surface area (Å²) in [7, 11) is 0. The number of carboxylic acid groups (broad SMARTS) is 1. The van der Waals surface area contributed by atoms with Crippen molar-refractivity contribution >= 4 is 28.1 Å². The zero-order valence-corrected chi connectivity index (χ0v) is 11.8. The first-order valence-electron chi connectivity index (χ1n) is 6.06. The summed E-state index contributed by atoms with van der Waals surface area (Å²) in [5.74, 6) is -0.777. The zero-order chi connectivity index (χ0) is 13.8. The number of aryl methyl sites for hydroxylation is 3. The lowest BCUT2D eigenvalue weighted by molar-refractivity contribution is -0.136. The van der Waals surface area contributed by atoms with Crippen LogP contribution >= 0.6 is 11.3 Å². The smallest absolute Gasteiger partial charge is 0.303 e. The number of carboxylic acids is 1. The van der Waals surface area contributed by atoms with E-state index < -0.39 is 5.97 Å². The normalized spacial score (nSPS) is 10.4. The van der Waals surface area contributed by atoms with Gasteiger partial charge in [-0.05, 0) is 38.0 Å². The van der Waals surface area contributed by atoms with Crippen molar-refractivity contribution in [2.45, 2.75) is 26.7 Å². The van der Waals surface area contributed by atoms with Gasteiger partial charge in [-0.2, -0.15) is 0 Å². The molecule has 0 atom stereocenters. The highest BCUT2D eigenvalue weighted by molar-refractivity contribution is 7.15. The number of rotatable bonds is 5. The Bertz CT molecular complexity index is 593. The van der Waals surface area contributed by atoms with E-state index in [4.69, 9.17) is 5.11 Å². The van der Waals surface area contributed by atoms with Crippen molar-refractivity contribution in [3.8, 4) is 0 Å². The third kappa shape index (κ3) is 3.79. The predicted octanol–water partition coefficient (Wildman–Crippen LogP) is 3.52. The standard InChI is InChI=1S/C14H16N2O2S/c1-9-4-3-5-11(8-9)16-14-15-10(2)12(19-14)6-7-13(17)18/h3-5,8H,6-7H2,1-2H3,(H,15,16)(H,17,18). The molecule has 2 rings (SSSR count). The molecule has 1 aromatic heterocycles. The molecule has 0 bridgehead atoms. The van der Waals surface area contributed by atoms with Crippen LogP contribution in [0.25, 0.3) is 0 Å². The van der Waals surface area contributed by atoms with E-state index in [1.54, 1.807) is 0 Å². The van der Waals surface area contributed by atoms with E-state index >= 15 is 0 Å². The van der Waals surface area contributed by atoms with Gasteiger partial charge in [0.2, 0.25) is 0 Å². The minimum absolute atomic E-state index is 0.146. The summed E-state index contributed by atoms with van der Waals surface area (Å²) in [5.41, 5.74) is 3.09. The van der Waals surface area contributed by atoms with Gasteiger partial charge in [0, 0.05) is 10.6 Å². The molecular formula is C14H16N2O2S. The molecule has 5 heteroatoms. The summed E-state index contributed by atoms with van der Waals surface area (Å²) < 4.78 is 0. The van der Waals surface area contributed by atoms with Crippen LogP contribution in [0.1, 0.15) is 22.6 Å². The molecule has 0 aliphatic carbocycles. The first-order valence-corrected chi connectivity index (χ1v) is 6.88. The Morgan fingerprint density at radius 3 is 2.89 bits per heavy atom. The Kier molecular flexibility index (Phi) is 4.16. The van der Waals surface area contributed by atoms with Gasteiger partial charge in [-0.1, -0.05) is 12.1 Å². The van der Waals surface area contributed by atoms with Gasteiger partial charge in [0.1, 0.15) is 0 Å². The van der Waals surface area contributed by atoms with Crippen LogP contribution < -0.4 is 5.32 Å². The molecule has 4 nitrogen and oxygen atoms in total. The molecule has 100 valence electrons. The SMILES string of the molecule is Cc1cccc(Nc2nc(C)c(CCC(=O)O)s2)c1. The fourth-order valence-corrected chi connectivity index (χ4v) is 2.76. The van der Waals surface area contributed by atoms with Crippen LogP contribution in [0.2, 0.25) is 0 Å². The lowest BCUT2D eigenvalue weighted by Gasteiger charge is -2.02. The summed E-state index contributed by atoms with van der Waals surface area (Å²) in [6.07, 6.45) is 0.682. The summed E-state index contributed by atoms with van der Waals surface area (Å²) >= 11 is 1.52. The zero-order valence-electron chi connectivity index (χ0n) is 10.9. The number of aliphatic carboxylic acids is 1. The van der Waals surface area contributed by atoms with Crippen LogP contribution in [0.5, 0.6) is 0 Å². The molecule has 0 fully saturated rings. The van der Waals surface area contributed by atoms with Crippen molar-refractivity contribution in [2.75, 3.05) is 5.32 Å². The van der Waals surface area contributed by atoms with Gasteiger partial charge in [-0.3, -0.25) is 4.79 Å². The Morgan fingerprint density at radius 2 is 2.21 bits per heavy atom. The Morgan fingerprint density at radius 1 is 1.42 bits per heavy atom. The Hall–Kier alpha value is -1.88. The quantitative estimate of drug-likeness (QED) is 0.877. The maximum absolute atomic E-state index is 10.6. The van der Waals surface area contributed by atoms with E-state index in [0.717, 1.165) is 21.4 Å². The molecule has 19 heavy (non-hydrogen) atoms. The third-order valence-electron chi connectivity index (χ3n) is 2.73. The fourth-order valence-electron chi connectivity index (χ4n) is 1.78. The Balaban J connectivity index is 2.09. The predicted molar refractivity (Wildman–Crippen MR) is 77.3 cm³/mol. The molecule has 0 radical (unpaired) electrons. The second kappa shape index (κ2) is 5.84. The summed E-state index contributed by atoms with van der Waals surface area (Å²) in [4.78, 5) is 16.0. The maximum Gasteiger partial charge on any atom is 0.303 e. The molecule has 2 N–H and O–H groups in total. The van der Waals surface area contributed by atoms with Gasteiger partial charge in [0.05, 0.1) is 12.1 Å². The number of anilines is 2. The minimum Gasteiger partial charge on any atom is -0.481 e. The van der Waals surface area contributed by atoms with E-state index in [0.29, 0.717) is 6.42 Å². The summed E-state index contributed by atoms with van der Waals surface area (Å²) in [6.45, 7) is 3.95. The number of hydrogen-bond acceptors (Lipinski definition) is 4. The molecule has 0 saturated heterocycles. The average molecular weight is 276 g/mol. The number of benzene rings is 1. The van der Waals surface area contributed by atoms with Gasteiger partial charge < -0.3 is 10.4 Å². The van der Waals surface area contributed by atoms with Crippen molar-refractivity contribution < 1.29 is 9.90 Å². The highest BCUT2D eigenvalue weighted by Crippen LogP contribution is 2.26. The van der Waals surface area contributed by atoms with Gasteiger partial charge in [0.25, 0.3) is 0 Å². The number of nitrogens with one attached hydrogen (secondary N) is 1. The minimum atomic E-state index is -0.777. The molecular weight excluding hydrogens is 260 g/mol. The summed E-state index contributed by atoms with van der Waals surface area (Å²) in [5, 5.41) is 12.8. The van der Waals surface area contributed by atoms with Crippen LogP contribution in [-0.4, -0.2) is 16.1 Å². The average Bonchev–Trinajstić information content (AvgIpc) is 2.67. The van der Waals surface area contributed by atoms with Gasteiger partial charge >= 0.3 is 5.97 Å². The highest BCUT2D eigenvalue weighted by Gasteiger charge is 2.09. The topological polar surface area (TPSA) is 62.2 Å². The monoisotopic (exact) mass is 276 g/mol. The lowest BCUT2D eigenvalue weighted by atomic mass is 10.2. The summed E-state index contributed by atoms with van der Waals surface area (Å²) in [6, 6.07) is 8.06. The molecule has 0 aliphatic heterocycles.